The molecule has 3 heteroatoms. The molecular weight excluding hydrogens is 228 g/mol. The van der Waals surface area contributed by atoms with Gasteiger partial charge in [0.15, 0.2) is 0 Å². The monoisotopic (exact) mass is 240 g/mol. The van der Waals surface area contributed by atoms with Crippen LogP contribution in [0.5, 0.6) is 0 Å². The molecule has 2 atom stereocenters. The molecule has 2 nitrogen and oxygen atoms in total. The summed E-state index contributed by atoms with van der Waals surface area (Å²) in [5.41, 5.74) is 7.27. The molecule has 0 radical (unpaired) electrons. The van der Waals surface area contributed by atoms with Crippen LogP contribution in [0.25, 0.3) is 0 Å². The van der Waals surface area contributed by atoms with Crippen LogP contribution >= 0.6 is 15.9 Å². The molecule has 0 bridgehead atoms. The smallest absolute Gasteiger partial charge is 0.0485 e. The average molecular weight is 241 g/mol. The fourth-order valence-corrected chi connectivity index (χ4v) is 2.32. The highest BCUT2D eigenvalue weighted by Gasteiger charge is 2.25. The van der Waals surface area contributed by atoms with Gasteiger partial charge in [0.25, 0.3) is 0 Å². The lowest BCUT2D eigenvalue weighted by Gasteiger charge is -2.17. The van der Waals surface area contributed by atoms with E-state index in [1.54, 1.807) is 0 Å². The first-order chi connectivity index (χ1) is 6.29. The van der Waals surface area contributed by atoms with Crippen LogP contribution in [0, 0.1) is 0 Å². The number of nitrogens with two attached hydrogens (primary N) is 1. The summed E-state index contributed by atoms with van der Waals surface area (Å²) in [6.45, 7) is 1.02. The Morgan fingerprint density at radius 1 is 1.38 bits per heavy atom. The zero-order valence-electron chi connectivity index (χ0n) is 7.33. The number of hydrogen-bond donors (Lipinski definition) is 2. The minimum atomic E-state index is 0.249. The Labute approximate surface area is 86.6 Å². The summed E-state index contributed by atoms with van der Waals surface area (Å²) >= 11 is 3.54. The van der Waals surface area contributed by atoms with Gasteiger partial charge in [-0.3, -0.25) is 0 Å². The van der Waals surface area contributed by atoms with Gasteiger partial charge in [0, 0.05) is 16.6 Å². The Balaban J connectivity index is 2.29. The van der Waals surface area contributed by atoms with Crippen molar-refractivity contribution in [3.8, 4) is 0 Å². The van der Waals surface area contributed by atoms with Crippen molar-refractivity contribution in [1.29, 1.82) is 0 Å². The van der Waals surface area contributed by atoms with Gasteiger partial charge in [0.2, 0.25) is 0 Å². The third-order valence-corrected chi connectivity index (χ3v) is 3.23. The molecule has 1 aromatic rings. The Kier molecular flexibility index (Phi) is 2.67. The predicted molar refractivity (Wildman–Crippen MR) is 57.5 cm³/mol. The molecule has 2 unspecified atom stereocenters. The second-order valence-electron chi connectivity index (χ2n) is 3.41. The molecule has 3 N–H and O–H groups in total. The van der Waals surface area contributed by atoms with E-state index in [-0.39, 0.29) is 6.04 Å². The molecule has 1 saturated heterocycles. The molecule has 1 aliphatic heterocycles. The second kappa shape index (κ2) is 3.78. The van der Waals surface area contributed by atoms with Crippen molar-refractivity contribution in [1.82, 2.24) is 5.32 Å². The molecule has 0 amide bonds. The van der Waals surface area contributed by atoms with Crippen molar-refractivity contribution in [3.63, 3.8) is 0 Å². The fourth-order valence-electron chi connectivity index (χ4n) is 1.79. The molecule has 0 aliphatic carbocycles. The van der Waals surface area contributed by atoms with Crippen LogP contribution in [-0.2, 0) is 0 Å². The molecule has 1 heterocycles. The van der Waals surface area contributed by atoms with Gasteiger partial charge in [0.1, 0.15) is 0 Å². The molecule has 2 rings (SSSR count). The molecule has 0 saturated carbocycles. The molecule has 70 valence electrons. The number of hydrogen-bond acceptors (Lipinski definition) is 2. The van der Waals surface area contributed by atoms with E-state index in [2.05, 4.69) is 33.4 Å². The van der Waals surface area contributed by atoms with Crippen LogP contribution in [0.2, 0.25) is 0 Å². The van der Waals surface area contributed by atoms with Crippen LogP contribution < -0.4 is 11.1 Å². The number of benzene rings is 1. The normalized spacial score (nSPS) is 27.8. The van der Waals surface area contributed by atoms with E-state index in [1.807, 2.05) is 12.1 Å². The summed E-state index contributed by atoms with van der Waals surface area (Å²) in [6.07, 6.45) is 1.06. The quantitative estimate of drug-likeness (QED) is 0.786. The first-order valence-corrected chi connectivity index (χ1v) is 5.32. The van der Waals surface area contributed by atoms with Gasteiger partial charge in [-0.1, -0.05) is 34.1 Å². The van der Waals surface area contributed by atoms with Gasteiger partial charge in [-0.2, -0.15) is 0 Å². The third-order valence-electron chi connectivity index (χ3n) is 2.51. The summed E-state index contributed by atoms with van der Waals surface area (Å²) in [6, 6.07) is 8.81. The molecule has 0 spiro atoms. The van der Waals surface area contributed by atoms with Gasteiger partial charge in [-0.05, 0) is 24.6 Å². The van der Waals surface area contributed by atoms with E-state index in [1.165, 1.54) is 5.56 Å². The highest BCUT2D eigenvalue weighted by molar-refractivity contribution is 9.10. The van der Waals surface area contributed by atoms with Gasteiger partial charge in [-0.25, -0.2) is 0 Å². The fraction of sp³-hybridized carbons (Fsp3) is 0.400. The van der Waals surface area contributed by atoms with Crippen molar-refractivity contribution in [2.75, 3.05) is 6.54 Å². The summed E-state index contributed by atoms with van der Waals surface area (Å²) in [5, 5.41) is 3.41. The Morgan fingerprint density at radius 3 is 2.77 bits per heavy atom. The lowest BCUT2D eigenvalue weighted by atomic mass is 10.0. The molecule has 1 fully saturated rings. The van der Waals surface area contributed by atoms with Crippen LogP contribution in [0.3, 0.4) is 0 Å². The van der Waals surface area contributed by atoms with E-state index in [0.717, 1.165) is 17.4 Å². The van der Waals surface area contributed by atoms with E-state index < -0.39 is 0 Å². The summed E-state index contributed by atoms with van der Waals surface area (Å²) < 4.78 is 1.14. The van der Waals surface area contributed by atoms with Crippen molar-refractivity contribution in [2.24, 2.45) is 5.73 Å². The number of nitrogens with one attached hydrogen (secondary N) is 1. The van der Waals surface area contributed by atoms with Crippen LogP contribution in [0.4, 0.5) is 0 Å². The maximum Gasteiger partial charge on any atom is 0.0485 e. The summed E-state index contributed by atoms with van der Waals surface area (Å²) in [4.78, 5) is 0. The van der Waals surface area contributed by atoms with Crippen LogP contribution in [-0.4, -0.2) is 12.6 Å². The Bertz CT molecular complexity index is 301. The van der Waals surface area contributed by atoms with E-state index >= 15 is 0 Å². The highest BCUT2D eigenvalue weighted by atomic mass is 79.9. The lowest BCUT2D eigenvalue weighted by molar-refractivity contribution is 0.569. The van der Waals surface area contributed by atoms with E-state index in [9.17, 15) is 0 Å². The summed E-state index contributed by atoms with van der Waals surface area (Å²) in [7, 11) is 0. The predicted octanol–water partition coefficient (Wildman–Crippen LogP) is 1.81. The van der Waals surface area contributed by atoms with Crippen LogP contribution in [0.1, 0.15) is 18.0 Å². The minimum Gasteiger partial charge on any atom is -0.326 e. The zero-order valence-corrected chi connectivity index (χ0v) is 8.92. The van der Waals surface area contributed by atoms with Gasteiger partial charge in [-0.15, -0.1) is 0 Å². The van der Waals surface area contributed by atoms with Crippen molar-refractivity contribution < 1.29 is 0 Å². The Morgan fingerprint density at radius 2 is 2.15 bits per heavy atom. The third kappa shape index (κ3) is 1.77. The zero-order chi connectivity index (χ0) is 9.26. The molecule has 1 aromatic carbocycles. The lowest BCUT2D eigenvalue weighted by Crippen LogP contribution is -2.28. The van der Waals surface area contributed by atoms with Crippen LogP contribution in [0.15, 0.2) is 28.7 Å². The first kappa shape index (κ1) is 9.19. The first-order valence-electron chi connectivity index (χ1n) is 4.52. The molecule has 1 aliphatic rings. The maximum atomic E-state index is 6.00. The van der Waals surface area contributed by atoms with Crippen molar-refractivity contribution in [2.45, 2.75) is 18.5 Å². The molecular formula is C10H13BrN2. The SMILES string of the molecule is NC1CCNC1c1ccccc1Br. The standard InChI is InChI=1S/C10H13BrN2/c11-8-4-2-1-3-7(8)10-9(12)5-6-13-10/h1-4,9-10,13H,5-6,12H2. The van der Waals surface area contributed by atoms with Crippen molar-refractivity contribution in [3.05, 3.63) is 34.3 Å². The second-order valence-corrected chi connectivity index (χ2v) is 4.26. The number of halogens is 1. The highest BCUT2D eigenvalue weighted by Crippen LogP contribution is 2.28. The topological polar surface area (TPSA) is 38.0 Å². The van der Waals surface area contributed by atoms with E-state index in [0.29, 0.717) is 6.04 Å². The average Bonchev–Trinajstić information content (AvgIpc) is 2.52. The summed E-state index contributed by atoms with van der Waals surface area (Å²) in [5.74, 6) is 0. The van der Waals surface area contributed by atoms with Crippen molar-refractivity contribution >= 4 is 15.9 Å². The minimum absolute atomic E-state index is 0.249. The molecule has 0 aromatic heterocycles. The number of rotatable bonds is 1. The maximum absolute atomic E-state index is 6.00. The van der Waals surface area contributed by atoms with Gasteiger partial charge >= 0.3 is 0 Å². The Hall–Kier alpha value is -0.380. The van der Waals surface area contributed by atoms with Gasteiger partial charge in [0.05, 0.1) is 0 Å². The van der Waals surface area contributed by atoms with Gasteiger partial charge < -0.3 is 11.1 Å². The van der Waals surface area contributed by atoms with E-state index in [4.69, 9.17) is 5.73 Å². The largest absolute Gasteiger partial charge is 0.326 e. The molecule has 13 heavy (non-hydrogen) atoms.